The quantitative estimate of drug-likeness (QED) is 0.850. The Morgan fingerprint density at radius 2 is 2.13 bits per heavy atom. The molecule has 23 heavy (non-hydrogen) atoms. The van der Waals surface area contributed by atoms with Crippen LogP contribution in [0.25, 0.3) is 0 Å². The van der Waals surface area contributed by atoms with Crippen LogP contribution in [0.15, 0.2) is 29.8 Å². The topological polar surface area (TPSA) is 66.9 Å². The van der Waals surface area contributed by atoms with Crippen molar-refractivity contribution >= 4 is 28.2 Å². The zero-order valence-electron chi connectivity index (χ0n) is 13.1. The van der Waals surface area contributed by atoms with Crippen molar-refractivity contribution in [3.8, 4) is 0 Å². The van der Waals surface area contributed by atoms with Gasteiger partial charge in [0.05, 0.1) is 12.1 Å². The lowest BCUT2D eigenvalue weighted by Gasteiger charge is -2.21. The number of amides is 1. The molecule has 1 saturated carbocycles. The first-order valence-electron chi connectivity index (χ1n) is 8.19. The smallest absolute Gasteiger partial charge is 0.226 e. The van der Waals surface area contributed by atoms with Gasteiger partial charge in [0, 0.05) is 18.1 Å². The lowest BCUT2D eigenvalue weighted by atomic mass is 9.89. The second-order valence-corrected chi connectivity index (χ2v) is 6.83. The van der Waals surface area contributed by atoms with Crippen LogP contribution in [-0.4, -0.2) is 22.4 Å². The van der Waals surface area contributed by atoms with E-state index in [4.69, 9.17) is 0 Å². The van der Waals surface area contributed by atoms with Crippen LogP contribution in [0.5, 0.6) is 0 Å². The highest BCUT2D eigenvalue weighted by molar-refractivity contribution is 7.13. The normalized spacial score (nSPS) is 15.3. The Morgan fingerprint density at radius 1 is 1.26 bits per heavy atom. The fourth-order valence-electron chi connectivity index (χ4n) is 2.87. The SMILES string of the molecule is O=C(Cc1csc(Nc2ccccn2)n1)NCC1CCCCC1. The summed E-state index contributed by atoms with van der Waals surface area (Å²) in [6, 6.07) is 5.68. The molecular formula is C17H22N4OS. The fourth-order valence-corrected chi connectivity index (χ4v) is 3.59. The average Bonchev–Trinajstić information content (AvgIpc) is 3.02. The van der Waals surface area contributed by atoms with Gasteiger partial charge in [0.2, 0.25) is 5.91 Å². The number of thiazole rings is 1. The molecule has 2 aromatic heterocycles. The van der Waals surface area contributed by atoms with Gasteiger partial charge < -0.3 is 10.6 Å². The Kier molecular flexibility index (Phi) is 5.58. The Morgan fingerprint density at radius 3 is 2.91 bits per heavy atom. The Bertz CT molecular complexity index is 623. The number of pyridine rings is 1. The van der Waals surface area contributed by atoms with Gasteiger partial charge >= 0.3 is 0 Å². The van der Waals surface area contributed by atoms with Gasteiger partial charge in [-0.3, -0.25) is 4.79 Å². The lowest BCUT2D eigenvalue weighted by Crippen LogP contribution is -2.31. The molecule has 2 heterocycles. The number of aromatic nitrogens is 2. The van der Waals surface area contributed by atoms with Crippen LogP contribution in [0, 0.1) is 5.92 Å². The monoisotopic (exact) mass is 330 g/mol. The van der Waals surface area contributed by atoms with Crippen molar-refractivity contribution in [2.75, 3.05) is 11.9 Å². The standard InChI is InChI=1S/C17H22N4OS/c22-16(19-11-13-6-2-1-3-7-13)10-14-12-23-17(20-14)21-15-8-4-5-9-18-15/h4-5,8-9,12-13H,1-3,6-7,10-11H2,(H,19,22)(H,18,20,21). The van der Waals surface area contributed by atoms with Crippen molar-refractivity contribution in [2.45, 2.75) is 38.5 Å². The first kappa shape index (κ1) is 15.9. The minimum atomic E-state index is 0.0604. The Balaban J connectivity index is 1.45. The van der Waals surface area contributed by atoms with E-state index in [-0.39, 0.29) is 5.91 Å². The number of carbonyl (C=O) groups excluding carboxylic acids is 1. The maximum absolute atomic E-state index is 12.0. The van der Waals surface area contributed by atoms with E-state index >= 15 is 0 Å². The van der Waals surface area contributed by atoms with Crippen molar-refractivity contribution in [3.63, 3.8) is 0 Å². The van der Waals surface area contributed by atoms with Gasteiger partial charge in [0.1, 0.15) is 5.82 Å². The summed E-state index contributed by atoms with van der Waals surface area (Å²) < 4.78 is 0. The third kappa shape index (κ3) is 5.03. The predicted molar refractivity (Wildman–Crippen MR) is 92.9 cm³/mol. The number of rotatable bonds is 6. The van der Waals surface area contributed by atoms with E-state index in [1.165, 1.54) is 43.4 Å². The second-order valence-electron chi connectivity index (χ2n) is 5.97. The molecule has 0 aromatic carbocycles. The molecule has 2 aromatic rings. The van der Waals surface area contributed by atoms with Gasteiger partial charge in [-0.2, -0.15) is 0 Å². The summed E-state index contributed by atoms with van der Waals surface area (Å²) in [5.74, 6) is 1.48. The highest BCUT2D eigenvalue weighted by Crippen LogP contribution is 2.23. The summed E-state index contributed by atoms with van der Waals surface area (Å²) in [4.78, 5) is 20.7. The van der Waals surface area contributed by atoms with Crippen LogP contribution in [0.3, 0.4) is 0 Å². The predicted octanol–water partition coefficient (Wildman–Crippen LogP) is 3.52. The van der Waals surface area contributed by atoms with Gasteiger partial charge in [-0.15, -0.1) is 11.3 Å². The number of anilines is 2. The summed E-state index contributed by atoms with van der Waals surface area (Å²) in [6.45, 7) is 0.808. The molecule has 5 nitrogen and oxygen atoms in total. The zero-order valence-corrected chi connectivity index (χ0v) is 13.9. The van der Waals surface area contributed by atoms with Crippen molar-refractivity contribution < 1.29 is 4.79 Å². The molecule has 1 aliphatic carbocycles. The van der Waals surface area contributed by atoms with Crippen LogP contribution in [0.4, 0.5) is 10.9 Å². The van der Waals surface area contributed by atoms with E-state index in [1.807, 2.05) is 23.6 Å². The molecule has 0 spiro atoms. The molecule has 0 aliphatic heterocycles. The summed E-state index contributed by atoms with van der Waals surface area (Å²) >= 11 is 1.49. The van der Waals surface area contributed by atoms with Gasteiger partial charge in [-0.25, -0.2) is 9.97 Å². The molecule has 0 unspecified atom stereocenters. The maximum atomic E-state index is 12.0. The molecule has 3 rings (SSSR count). The van der Waals surface area contributed by atoms with Crippen LogP contribution < -0.4 is 10.6 Å². The third-order valence-corrected chi connectivity index (χ3v) is 4.91. The van der Waals surface area contributed by atoms with Crippen molar-refractivity contribution in [1.29, 1.82) is 0 Å². The average molecular weight is 330 g/mol. The second kappa shape index (κ2) is 8.06. The Hall–Kier alpha value is -1.95. The van der Waals surface area contributed by atoms with Crippen LogP contribution in [0.1, 0.15) is 37.8 Å². The van der Waals surface area contributed by atoms with Crippen molar-refractivity contribution in [3.05, 3.63) is 35.5 Å². The van der Waals surface area contributed by atoms with Crippen LogP contribution in [0.2, 0.25) is 0 Å². The van der Waals surface area contributed by atoms with E-state index in [9.17, 15) is 4.79 Å². The summed E-state index contributed by atoms with van der Waals surface area (Å²) in [7, 11) is 0. The molecule has 1 fully saturated rings. The molecule has 0 bridgehead atoms. The first-order valence-corrected chi connectivity index (χ1v) is 9.07. The van der Waals surface area contributed by atoms with Crippen LogP contribution in [-0.2, 0) is 11.2 Å². The number of nitrogens with zero attached hydrogens (tertiary/aromatic N) is 2. The number of nitrogens with one attached hydrogen (secondary N) is 2. The van der Waals surface area contributed by atoms with E-state index in [2.05, 4.69) is 20.6 Å². The molecule has 2 N–H and O–H groups in total. The molecule has 1 aliphatic rings. The van der Waals surface area contributed by atoms with Crippen molar-refractivity contribution in [2.24, 2.45) is 5.92 Å². The van der Waals surface area contributed by atoms with E-state index in [1.54, 1.807) is 6.20 Å². The van der Waals surface area contributed by atoms with Crippen molar-refractivity contribution in [1.82, 2.24) is 15.3 Å². The molecule has 0 atom stereocenters. The summed E-state index contributed by atoms with van der Waals surface area (Å²) in [5, 5.41) is 8.88. The fraction of sp³-hybridized carbons (Fsp3) is 0.471. The van der Waals surface area contributed by atoms with Gasteiger partial charge in [-0.05, 0) is 30.9 Å². The highest BCUT2D eigenvalue weighted by atomic mass is 32.1. The molecule has 122 valence electrons. The maximum Gasteiger partial charge on any atom is 0.226 e. The molecule has 0 saturated heterocycles. The molecule has 0 radical (unpaired) electrons. The van der Waals surface area contributed by atoms with E-state index in [0.29, 0.717) is 12.3 Å². The third-order valence-electron chi connectivity index (χ3n) is 4.11. The zero-order chi connectivity index (χ0) is 15.9. The Labute approximate surface area is 140 Å². The number of carbonyl (C=O) groups is 1. The molecular weight excluding hydrogens is 308 g/mol. The minimum absolute atomic E-state index is 0.0604. The highest BCUT2D eigenvalue weighted by Gasteiger charge is 2.15. The van der Waals surface area contributed by atoms with Gasteiger partial charge in [0.15, 0.2) is 5.13 Å². The largest absolute Gasteiger partial charge is 0.355 e. The number of hydrogen-bond donors (Lipinski definition) is 2. The van der Waals surface area contributed by atoms with Gasteiger partial charge in [0.25, 0.3) is 0 Å². The van der Waals surface area contributed by atoms with E-state index in [0.717, 1.165) is 23.2 Å². The summed E-state index contributed by atoms with van der Waals surface area (Å²) in [6.07, 6.45) is 8.51. The minimum Gasteiger partial charge on any atom is -0.355 e. The number of hydrogen-bond acceptors (Lipinski definition) is 5. The van der Waals surface area contributed by atoms with Gasteiger partial charge in [-0.1, -0.05) is 25.3 Å². The lowest BCUT2D eigenvalue weighted by molar-refractivity contribution is -0.120. The van der Waals surface area contributed by atoms with Crippen LogP contribution >= 0.6 is 11.3 Å². The van der Waals surface area contributed by atoms with E-state index < -0.39 is 0 Å². The first-order chi connectivity index (χ1) is 11.3. The summed E-state index contributed by atoms with van der Waals surface area (Å²) in [5.41, 5.74) is 0.801. The molecule has 1 amide bonds. The molecule has 6 heteroatoms.